The molecule has 5 rings (SSSR count). The number of aliphatic hydroxyl groups is 4. The third kappa shape index (κ3) is 6.26. The third-order valence-electron chi connectivity index (χ3n) is 7.61. The fourth-order valence-electron chi connectivity index (χ4n) is 5.13. The van der Waals surface area contributed by atoms with Crippen LogP contribution in [0.25, 0.3) is 11.3 Å². The van der Waals surface area contributed by atoms with E-state index in [0.717, 1.165) is 28.6 Å². The van der Waals surface area contributed by atoms with Crippen LogP contribution in [0.5, 0.6) is 0 Å². The summed E-state index contributed by atoms with van der Waals surface area (Å²) in [5.74, 6) is -4.74. The van der Waals surface area contributed by atoms with Gasteiger partial charge in [0, 0.05) is 44.9 Å². The first-order chi connectivity index (χ1) is 20.5. The van der Waals surface area contributed by atoms with Gasteiger partial charge in [0.2, 0.25) is 5.91 Å². The van der Waals surface area contributed by atoms with E-state index < -0.39 is 70.6 Å². The molecule has 4 N–H and O–H groups in total. The summed E-state index contributed by atoms with van der Waals surface area (Å²) in [5, 5.41) is 50.6. The van der Waals surface area contributed by atoms with Gasteiger partial charge in [0.15, 0.2) is 17.5 Å². The molecular formula is C27H30F3N5O7S. The van der Waals surface area contributed by atoms with Crippen molar-refractivity contribution in [3.8, 4) is 11.3 Å². The quantitative estimate of drug-likeness (QED) is 0.265. The molecule has 0 spiro atoms. The van der Waals surface area contributed by atoms with E-state index in [1.54, 1.807) is 18.2 Å². The lowest BCUT2D eigenvalue weighted by atomic mass is 9.89. The van der Waals surface area contributed by atoms with Crippen LogP contribution in [0.4, 0.5) is 19.0 Å². The lowest BCUT2D eigenvalue weighted by Crippen LogP contribution is -2.58. The van der Waals surface area contributed by atoms with E-state index in [-0.39, 0.29) is 37.3 Å². The maximum atomic E-state index is 13.8. The molecule has 2 aromatic heterocycles. The second-order valence-electron chi connectivity index (χ2n) is 10.4. The Labute approximate surface area is 248 Å². The van der Waals surface area contributed by atoms with Gasteiger partial charge < -0.3 is 29.9 Å². The van der Waals surface area contributed by atoms with Gasteiger partial charge in [0.25, 0.3) is 0 Å². The monoisotopic (exact) mass is 625 g/mol. The standard InChI is InChI=1S/C27H30F3N5O7S/c1-34(19-4-2-3-7-31-19)25(39)24(27(40)5-8-41-9-6-27)43-26-23(38)21(22(37)18(13-36)42-26)35-12-17(32-33-35)14-10-15(28)20(30)16(29)11-14/h2-4,7,10-12,18,21-24,26,36-38,40H,5-6,8-9,13H2,1H3/t18-,21+,22+,23-,24+,26+/m1/s1. The van der Waals surface area contributed by atoms with Crippen molar-refractivity contribution in [3.63, 3.8) is 0 Å². The van der Waals surface area contributed by atoms with E-state index in [4.69, 9.17) is 9.47 Å². The van der Waals surface area contributed by atoms with Crippen molar-refractivity contribution in [1.29, 1.82) is 0 Å². The lowest BCUT2D eigenvalue weighted by molar-refractivity contribution is -0.179. The van der Waals surface area contributed by atoms with E-state index in [1.165, 1.54) is 24.3 Å². The number of benzene rings is 1. The van der Waals surface area contributed by atoms with Gasteiger partial charge in [-0.15, -0.1) is 16.9 Å². The summed E-state index contributed by atoms with van der Waals surface area (Å²) in [5.41, 5.74) is -3.08. The summed E-state index contributed by atoms with van der Waals surface area (Å²) in [6, 6.07) is 5.14. The molecule has 16 heteroatoms. The minimum atomic E-state index is -1.65. The molecule has 232 valence electrons. The highest BCUT2D eigenvalue weighted by Crippen LogP contribution is 2.42. The highest BCUT2D eigenvalue weighted by atomic mass is 32.2. The van der Waals surface area contributed by atoms with Gasteiger partial charge in [-0.25, -0.2) is 22.8 Å². The molecule has 6 atom stereocenters. The maximum absolute atomic E-state index is 13.8. The Morgan fingerprint density at radius 2 is 1.88 bits per heavy atom. The fraction of sp³-hybridized carbons (Fsp3) is 0.481. The Bertz CT molecular complexity index is 1410. The zero-order chi connectivity index (χ0) is 30.9. The number of ether oxygens (including phenoxy) is 2. The van der Waals surface area contributed by atoms with E-state index in [1.807, 2.05) is 0 Å². The van der Waals surface area contributed by atoms with Crippen molar-refractivity contribution in [2.75, 3.05) is 31.8 Å². The second kappa shape index (κ2) is 12.9. The van der Waals surface area contributed by atoms with Gasteiger partial charge in [-0.3, -0.25) is 9.69 Å². The number of hydrogen-bond acceptors (Lipinski definition) is 11. The number of halogens is 3. The maximum Gasteiger partial charge on any atom is 0.244 e. The zero-order valence-corrected chi connectivity index (χ0v) is 23.6. The normalized spacial score (nSPS) is 26.2. The Kier molecular flexibility index (Phi) is 9.36. The highest BCUT2D eigenvalue weighted by molar-refractivity contribution is 8.01. The Morgan fingerprint density at radius 1 is 1.19 bits per heavy atom. The van der Waals surface area contributed by atoms with Crippen LogP contribution in [0.3, 0.4) is 0 Å². The highest BCUT2D eigenvalue weighted by Gasteiger charge is 2.51. The van der Waals surface area contributed by atoms with Crippen molar-refractivity contribution < 1.29 is 47.9 Å². The molecule has 3 aromatic rings. The molecule has 1 amide bonds. The molecule has 0 unspecified atom stereocenters. The number of nitrogens with zero attached hydrogens (tertiary/aromatic N) is 5. The van der Waals surface area contributed by atoms with E-state index in [2.05, 4.69) is 15.3 Å². The summed E-state index contributed by atoms with van der Waals surface area (Å²) in [6.07, 6.45) is -1.45. The molecule has 0 saturated carbocycles. The molecule has 4 heterocycles. The van der Waals surface area contributed by atoms with Crippen molar-refractivity contribution in [3.05, 3.63) is 60.2 Å². The van der Waals surface area contributed by atoms with Gasteiger partial charge in [-0.05, 0) is 24.3 Å². The van der Waals surface area contributed by atoms with E-state index in [0.29, 0.717) is 5.82 Å². The molecule has 43 heavy (non-hydrogen) atoms. The number of carbonyl (C=O) groups excluding carboxylic acids is 1. The summed E-state index contributed by atoms with van der Waals surface area (Å²) in [7, 11) is 1.50. The molecule has 2 fully saturated rings. The number of aromatic nitrogens is 4. The van der Waals surface area contributed by atoms with Crippen LogP contribution in [0.15, 0.2) is 42.7 Å². The SMILES string of the molecule is CN(C(=O)[C@H](S[C@@H]1O[C@H](CO)[C@H](O)[C@H](n2cc(-c3cc(F)c(F)c(F)c3)nn2)[C@H]1O)C1(O)CCOCC1)c1ccccn1. The van der Waals surface area contributed by atoms with Crippen LogP contribution in [-0.2, 0) is 14.3 Å². The van der Waals surface area contributed by atoms with E-state index in [9.17, 15) is 38.4 Å². The van der Waals surface area contributed by atoms with Crippen LogP contribution in [0.1, 0.15) is 18.9 Å². The van der Waals surface area contributed by atoms with Crippen molar-refractivity contribution >= 4 is 23.5 Å². The molecule has 2 aliphatic rings. The summed E-state index contributed by atoms with van der Waals surface area (Å²) < 4.78 is 53.4. The minimum absolute atomic E-state index is 0.0880. The van der Waals surface area contributed by atoms with Crippen LogP contribution < -0.4 is 4.90 Å². The van der Waals surface area contributed by atoms with Gasteiger partial charge >= 0.3 is 0 Å². The molecule has 0 bridgehead atoms. The molecule has 12 nitrogen and oxygen atoms in total. The first-order valence-corrected chi connectivity index (χ1v) is 14.3. The summed E-state index contributed by atoms with van der Waals surface area (Å²) in [4.78, 5) is 19.3. The number of hydrogen-bond donors (Lipinski definition) is 4. The van der Waals surface area contributed by atoms with Gasteiger partial charge in [-0.1, -0.05) is 11.3 Å². The Balaban J connectivity index is 1.45. The number of carbonyl (C=O) groups is 1. The van der Waals surface area contributed by atoms with Crippen LogP contribution in [0, 0.1) is 17.5 Å². The molecule has 0 radical (unpaired) electrons. The average molecular weight is 626 g/mol. The predicted molar refractivity (Wildman–Crippen MR) is 146 cm³/mol. The van der Waals surface area contributed by atoms with Crippen LogP contribution in [-0.4, -0.2) is 108 Å². The molecule has 2 saturated heterocycles. The number of anilines is 1. The largest absolute Gasteiger partial charge is 0.394 e. The number of thioether (sulfide) groups is 1. The zero-order valence-electron chi connectivity index (χ0n) is 22.8. The first kappa shape index (κ1) is 31.3. The van der Waals surface area contributed by atoms with Gasteiger partial charge in [0.1, 0.15) is 46.6 Å². The summed E-state index contributed by atoms with van der Waals surface area (Å²) in [6.45, 7) is -0.299. The predicted octanol–water partition coefficient (Wildman–Crippen LogP) is 1.04. The fourth-order valence-corrected chi connectivity index (χ4v) is 6.69. The average Bonchev–Trinajstić information content (AvgIpc) is 3.49. The number of aliphatic hydroxyl groups excluding tert-OH is 3. The van der Waals surface area contributed by atoms with Crippen molar-refractivity contribution in [2.24, 2.45) is 0 Å². The lowest BCUT2D eigenvalue weighted by Gasteiger charge is -2.45. The number of rotatable bonds is 8. The number of pyridine rings is 1. The minimum Gasteiger partial charge on any atom is -0.394 e. The van der Waals surface area contributed by atoms with E-state index >= 15 is 0 Å². The number of amides is 1. The Hall–Kier alpha value is -3.12. The van der Waals surface area contributed by atoms with Crippen LogP contribution in [0.2, 0.25) is 0 Å². The van der Waals surface area contributed by atoms with Crippen molar-refractivity contribution in [1.82, 2.24) is 20.0 Å². The first-order valence-electron chi connectivity index (χ1n) is 13.4. The smallest absolute Gasteiger partial charge is 0.244 e. The molecular weight excluding hydrogens is 595 g/mol. The summed E-state index contributed by atoms with van der Waals surface area (Å²) >= 11 is 0.817. The molecule has 2 aliphatic heterocycles. The molecule has 1 aromatic carbocycles. The van der Waals surface area contributed by atoms with Crippen LogP contribution >= 0.6 is 11.8 Å². The van der Waals surface area contributed by atoms with Gasteiger partial charge in [0.05, 0.1) is 18.4 Å². The third-order valence-corrected chi connectivity index (χ3v) is 9.18. The topological polar surface area (TPSA) is 163 Å². The Morgan fingerprint density at radius 3 is 2.51 bits per heavy atom. The molecule has 0 aliphatic carbocycles. The van der Waals surface area contributed by atoms with Crippen molar-refractivity contribution in [2.45, 2.75) is 53.5 Å². The second-order valence-corrected chi connectivity index (χ2v) is 11.6. The van der Waals surface area contributed by atoms with Gasteiger partial charge in [-0.2, -0.15) is 0 Å².